The van der Waals surface area contributed by atoms with Crippen molar-refractivity contribution in [1.29, 1.82) is 0 Å². The second-order valence-corrected chi connectivity index (χ2v) is 6.30. The number of ether oxygens (including phenoxy) is 1. The van der Waals surface area contributed by atoms with Gasteiger partial charge in [0.1, 0.15) is 11.3 Å². The highest BCUT2D eigenvalue weighted by Crippen LogP contribution is 2.26. The van der Waals surface area contributed by atoms with Crippen LogP contribution in [0.4, 0.5) is 10.5 Å². The zero-order valence-corrected chi connectivity index (χ0v) is 13.8. The standard InChI is InChI=1S/C17H20N4O3/c1-10(2)24-11-4-5-12-13(6-7-18-14(12)8-11)19-9-17(3)15(22)20-16(23)21-17/h4-8,10H,9H2,1-3H3,(H,18,19)(H2,20,21,22,23). The third-order valence-corrected chi connectivity index (χ3v) is 3.84. The highest BCUT2D eigenvalue weighted by Gasteiger charge is 2.41. The number of urea groups is 1. The molecule has 1 aliphatic heterocycles. The molecule has 0 saturated carbocycles. The van der Waals surface area contributed by atoms with Gasteiger partial charge in [-0.25, -0.2) is 4.79 Å². The molecular weight excluding hydrogens is 308 g/mol. The normalized spacial score (nSPS) is 20.2. The van der Waals surface area contributed by atoms with Crippen molar-refractivity contribution in [1.82, 2.24) is 15.6 Å². The average Bonchev–Trinajstić information content (AvgIpc) is 2.77. The topological polar surface area (TPSA) is 92.4 Å². The van der Waals surface area contributed by atoms with E-state index in [1.165, 1.54) is 0 Å². The summed E-state index contributed by atoms with van der Waals surface area (Å²) in [7, 11) is 0. The summed E-state index contributed by atoms with van der Waals surface area (Å²) in [6.07, 6.45) is 1.78. The number of amides is 3. The van der Waals surface area contributed by atoms with E-state index in [0.29, 0.717) is 0 Å². The van der Waals surface area contributed by atoms with Crippen LogP contribution in [0, 0.1) is 0 Å². The summed E-state index contributed by atoms with van der Waals surface area (Å²) in [6.45, 7) is 5.89. The fraction of sp³-hybridized carbons (Fsp3) is 0.353. The van der Waals surface area contributed by atoms with E-state index < -0.39 is 11.6 Å². The number of anilines is 1. The molecule has 0 aliphatic carbocycles. The Hall–Kier alpha value is -2.83. The lowest BCUT2D eigenvalue weighted by Crippen LogP contribution is -2.49. The third kappa shape index (κ3) is 3.10. The number of carbonyl (C=O) groups is 2. The number of hydrogen-bond donors (Lipinski definition) is 3. The molecule has 3 amide bonds. The quantitative estimate of drug-likeness (QED) is 0.731. The van der Waals surface area contributed by atoms with E-state index in [2.05, 4.69) is 20.9 Å². The molecule has 1 unspecified atom stereocenters. The number of imide groups is 1. The number of hydrogen-bond acceptors (Lipinski definition) is 5. The number of nitrogens with zero attached hydrogens (tertiary/aromatic N) is 1. The molecule has 1 fully saturated rings. The van der Waals surface area contributed by atoms with E-state index in [0.717, 1.165) is 22.3 Å². The van der Waals surface area contributed by atoms with Crippen LogP contribution < -0.4 is 20.7 Å². The van der Waals surface area contributed by atoms with Crippen molar-refractivity contribution >= 4 is 28.5 Å². The van der Waals surface area contributed by atoms with Crippen molar-refractivity contribution in [2.24, 2.45) is 0 Å². The van der Waals surface area contributed by atoms with Gasteiger partial charge in [-0.2, -0.15) is 0 Å². The van der Waals surface area contributed by atoms with Crippen LogP contribution in [-0.4, -0.2) is 35.1 Å². The maximum atomic E-state index is 11.9. The first-order valence-corrected chi connectivity index (χ1v) is 7.80. The molecule has 7 nitrogen and oxygen atoms in total. The minimum atomic E-state index is -0.979. The summed E-state index contributed by atoms with van der Waals surface area (Å²) in [5.41, 5.74) is 0.655. The fourth-order valence-electron chi connectivity index (χ4n) is 2.60. The van der Waals surface area contributed by atoms with Gasteiger partial charge in [0.05, 0.1) is 11.6 Å². The molecule has 1 atom stereocenters. The minimum Gasteiger partial charge on any atom is -0.491 e. The van der Waals surface area contributed by atoms with Gasteiger partial charge >= 0.3 is 6.03 Å². The predicted molar refractivity (Wildman–Crippen MR) is 91.1 cm³/mol. The Kier molecular flexibility index (Phi) is 4.01. The molecule has 3 rings (SSSR count). The van der Waals surface area contributed by atoms with Crippen LogP contribution in [-0.2, 0) is 4.79 Å². The number of benzene rings is 1. The van der Waals surface area contributed by atoms with Crippen LogP contribution in [0.5, 0.6) is 5.75 Å². The second kappa shape index (κ2) is 5.99. The molecule has 1 aromatic heterocycles. The van der Waals surface area contributed by atoms with Crippen molar-refractivity contribution < 1.29 is 14.3 Å². The summed E-state index contributed by atoms with van der Waals surface area (Å²) in [4.78, 5) is 27.6. The molecule has 1 aliphatic rings. The van der Waals surface area contributed by atoms with Crippen LogP contribution in [0.15, 0.2) is 30.5 Å². The highest BCUT2D eigenvalue weighted by atomic mass is 16.5. The van der Waals surface area contributed by atoms with Crippen LogP contribution >= 0.6 is 0 Å². The number of fused-ring (bicyclic) bond motifs is 1. The number of nitrogens with one attached hydrogen (secondary N) is 3. The molecule has 0 spiro atoms. The maximum absolute atomic E-state index is 11.9. The summed E-state index contributed by atoms with van der Waals surface area (Å²) >= 11 is 0. The second-order valence-electron chi connectivity index (χ2n) is 6.30. The van der Waals surface area contributed by atoms with Crippen molar-refractivity contribution in [2.75, 3.05) is 11.9 Å². The molecule has 7 heteroatoms. The Bertz CT molecular complexity index is 806. The Balaban J connectivity index is 1.82. The number of aromatic nitrogens is 1. The molecule has 1 saturated heterocycles. The largest absolute Gasteiger partial charge is 0.491 e. The summed E-state index contributed by atoms with van der Waals surface area (Å²) in [6, 6.07) is 7.06. The van der Waals surface area contributed by atoms with E-state index in [1.54, 1.807) is 13.1 Å². The van der Waals surface area contributed by atoms with Gasteiger partial charge in [0.25, 0.3) is 5.91 Å². The zero-order valence-electron chi connectivity index (χ0n) is 13.8. The van der Waals surface area contributed by atoms with Gasteiger partial charge in [0, 0.05) is 29.9 Å². The van der Waals surface area contributed by atoms with Gasteiger partial charge in [-0.1, -0.05) is 0 Å². The molecule has 3 N–H and O–H groups in total. The van der Waals surface area contributed by atoms with E-state index >= 15 is 0 Å². The minimum absolute atomic E-state index is 0.0909. The smallest absolute Gasteiger partial charge is 0.322 e. The average molecular weight is 328 g/mol. The highest BCUT2D eigenvalue weighted by molar-refractivity contribution is 6.07. The van der Waals surface area contributed by atoms with Crippen LogP contribution in [0.25, 0.3) is 10.9 Å². The monoisotopic (exact) mass is 328 g/mol. The lowest BCUT2D eigenvalue weighted by Gasteiger charge is -2.22. The maximum Gasteiger partial charge on any atom is 0.322 e. The van der Waals surface area contributed by atoms with Crippen LogP contribution in [0.2, 0.25) is 0 Å². The lowest BCUT2D eigenvalue weighted by molar-refractivity contribution is -0.122. The third-order valence-electron chi connectivity index (χ3n) is 3.84. The molecular formula is C17H20N4O3. The fourth-order valence-corrected chi connectivity index (χ4v) is 2.60. The predicted octanol–water partition coefficient (Wildman–Crippen LogP) is 2.03. The van der Waals surface area contributed by atoms with Crippen LogP contribution in [0.3, 0.4) is 0 Å². The number of carbonyl (C=O) groups excluding carboxylic acids is 2. The molecule has 0 bridgehead atoms. The van der Waals surface area contributed by atoms with Gasteiger partial charge in [0.15, 0.2) is 0 Å². The molecule has 2 heterocycles. The van der Waals surface area contributed by atoms with Gasteiger partial charge in [-0.15, -0.1) is 0 Å². The van der Waals surface area contributed by atoms with Gasteiger partial charge in [0.2, 0.25) is 0 Å². The summed E-state index contributed by atoms with van der Waals surface area (Å²) < 4.78 is 5.68. The van der Waals surface area contributed by atoms with Crippen molar-refractivity contribution in [3.05, 3.63) is 30.5 Å². The summed E-state index contributed by atoms with van der Waals surface area (Å²) in [5, 5.41) is 9.02. The number of pyridine rings is 1. The lowest BCUT2D eigenvalue weighted by atomic mass is 10.0. The Morgan fingerprint density at radius 1 is 1.29 bits per heavy atom. The van der Waals surface area contributed by atoms with Gasteiger partial charge < -0.3 is 15.4 Å². The van der Waals surface area contributed by atoms with Crippen molar-refractivity contribution in [2.45, 2.75) is 32.4 Å². The zero-order chi connectivity index (χ0) is 17.3. The van der Waals surface area contributed by atoms with E-state index in [-0.39, 0.29) is 18.6 Å². The molecule has 24 heavy (non-hydrogen) atoms. The molecule has 0 radical (unpaired) electrons. The summed E-state index contributed by atoms with van der Waals surface area (Å²) in [5.74, 6) is 0.419. The Labute approximate surface area is 139 Å². The van der Waals surface area contributed by atoms with E-state index in [4.69, 9.17) is 4.74 Å². The first-order valence-electron chi connectivity index (χ1n) is 7.80. The Morgan fingerprint density at radius 2 is 2.08 bits per heavy atom. The van der Waals surface area contributed by atoms with Crippen molar-refractivity contribution in [3.8, 4) is 5.75 Å². The van der Waals surface area contributed by atoms with Crippen LogP contribution in [0.1, 0.15) is 20.8 Å². The first-order chi connectivity index (χ1) is 11.4. The molecule has 1 aromatic carbocycles. The van der Waals surface area contributed by atoms with E-state index in [9.17, 15) is 9.59 Å². The van der Waals surface area contributed by atoms with Gasteiger partial charge in [-0.3, -0.25) is 15.1 Å². The molecule has 126 valence electrons. The van der Waals surface area contributed by atoms with Gasteiger partial charge in [-0.05, 0) is 39.0 Å². The number of rotatable bonds is 5. The van der Waals surface area contributed by atoms with Crippen molar-refractivity contribution in [3.63, 3.8) is 0 Å². The van der Waals surface area contributed by atoms with E-state index in [1.807, 2.05) is 38.1 Å². The SMILES string of the molecule is CC(C)Oc1ccc2c(NCC3(C)NC(=O)NC3=O)ccnc2c1. The first kappa shape index (κ1) is 16.0. The Morgan fingerprint density at radius 3 is 2.75 bits per heavy atom. The molecule has 2 aromatic rings.